The summed E-state index contributed by atoms with van der Waals surface area (Å²) < 4.78 is 15.9. The van der Waals surface area contributed by atoms with Gasteiger partial charge in [0.2, 0.25) is 0 Å². The van der Waals surface area contributed by atoms with Crippen molar-refractivity contribution >= 4 is 0 Å². The van der Waals surface area contributed by atoms with Gasteiger partial charge in [-0.05, 0) is 38.5 Å². The minimum atomic E-state index is -0.286. The lowest BCUT2D eigenvalue weighted by molar-refractivity contribution is 0.490. The van der Waals surface area contributed by atoms with Gasteiger partial charge < -0.3 is 0 Å². The second-order valence-electron chi connectivity index (χ2n) is 5.33. The highest BCUT2D eigenvalue weighted by Gasteiger charge is 2.16. The largest absolute Gasteiger partial charge is 0.271 e. The van der Waals surface area contributed by atoms with Gasteiger partial charge in [-0.2, -0.15) is 5.10 Å². The van der Waals surface area contributed by atoms with Gasteiger partial charge in [0.1, 0.15) is 5.82 Å². The van der Waals surface area contributed by atoms with Crippen molar-refractivity contribution in [3.8, 4) is 0 Å². The molecule has 0 aliphatic heterocycles. The average molecular weight is 276 g/mol. The quantitative estimate of drug-likeness (QED) is 0.652. The third-order valence-corrected chi connectivity index (χ3v) is 3.34. The number of nitrogens with one attached hydrogen (secondary N) is 1. The highest BCUT2D eigenvalue weighted by atomic mass is 19.1. The zero-order valence-corrected chi connectivity index (χ0v) is 12.1. The smallest absolute Gasteiger partial charge is 0.128 e. The van der Waals surface area contributed by atoms with Crippen LogP contribution in [0.15, 0.2) is 30.5 Å². The van der Waals surface area contributed by atoms with E-state index in [1.54, 1.807) is 6.07 Å². The third kappa shape index (κ3) is 3.23. The first-order chi connectivity index (χ1) is 9.51. The monoisotopic (exact) mass is 276 g/mol. The van der Waals surface area contributed by atoms with E-state index in [-0.39, 0.29) is 11.9 Å². The molecule has 1 heterocycles. The van der Waals surface area contributed by atoms with Crippen molar-refractivity contribution in [3.63, 3.8) is 0 Å². The van der Waals surface area contributed by atoms with Crippen molar-refractivity contribution in [2.75, 3.05) is 0 Å². The second kappa shape index (κ2) is 6.15. The molecule has 1 unspecified atom stereocenters. The molecule has 0 aliphatic rings. The molecule has 0 saturated carbocycles. The third-order valence-electron chi connectivity index (χ3n) is 3.34. The number of nitrogens with two attached hydrogens (primary N) is 1. The predicted octanol–water partition coefficient (Wildman–Crippen LogP) is 2.66. The van der Waals surface area contributed by atoms with E-state index in [2.05, 4.69) is 24.4 Å². The number of halogens is 1. The van der Waals surface area contributed by atoms with Crippen LogP contribution in [0.3, 0.4) is 0 Å². The molecule has 0 bridgehead atoms. The summed E-state index contributed by atoms with van der Waals surface area (Å²) in [5.74, 6) is 5.34. The molecule has 5 heteroatoms. The Morgan fingerprint density at radius 3 is 2.65 bits per heavy atom. The van der Waals surface area contributed by atoms with Gasteiger partial charge in [0, 0.05) is 24.2 Å². The fourth-order valence-electron chi connectivity index (χ4n) is 2.16. The van der Waals surface area contributed by atoms with Crippen LogP contribution in [0.5, 0.6) is 0 Å². The molecular weight excluding hydrogens is 255 g/mol. The Hall–Kier alpha value is -1.72. The number of hydrazine groups is 1. The van der Waals surface area contributed by atoms with Gasteiger partial charge in [-0.25, -0.2) is 4.39 Å². The Morgan fingerprint density at radius 1 is 1.35 bits per heavy atom. The van der Waals surface area contributed by atoms with E-state index in [9.17, 15) is 4.39 Å². The van der Waals surface area contributed by atoms with E-state index in [0.717, 1.165) is 11.3 Å². The van der Waals surface area contributed by atoms with Crippen molar-refractivity contribution in [2.45, 2.75) is 39.3 Å². The Bertz CT molecular complexity index is 577. The summed E-state index contributed by atoms with van der Waals surface area (Å²) in [4.78, 5) is 0. The standard InChI is InChI=1S/C15H21FN4/c1-10(2)20-7-6-12(19-20)9-15(18-17)13-5-4-11(3)8-14(13)16/h4-8,10,15,18H,9,17H2,1-3H3. The molecule has 0 amide bonds. The normalized spacial score (nSPS) is 12.9. The Labute approximate surface area is 118 Å². The second-order valence-corrected chi connectivity index (χ2v) is 5.33. The predicted molar refractivity (Wildman–Crippen MR) is 77.5 cm³/mol. The maximum Gasteiger partial charge on any atom is 0.128 e. The molecule has 4 nitrogen and oxygen atoms in total. The van der Waals surface area contributed by atoms with Crippen LogP contribution >= 0.6 is 0 Å². The van der Waals surface area contributed by atoms with Crippen molar-refractivity contribution in [1.29, 1.82) is 0 Å². The van der Waals surface area contributed by atoms with Crippen LogP contribution in [0.25, 0.3) is 0 Å². The maximum atomic E-state index is 14.0. The summed E-state index contributed by atoms with van der Waals surface area (Å²) in [5, 5.41) is 4.47. The topological polar surface area (TPSA) is 55.9 Å². The highest BCUT2D eigenvalue weighted by molar-refractivity contribution is 5.27. The molecule has 1 aromatic heterocycles. The first-order valence-corrected chi connectivity index (χ1v) is 6.77. The summed E-state index contributed by atoms with van der Waals surface area (Å²) in [7, 11) is 0. The molecule has 3 N–H and O–H groups in total. The van der Waals surface area contributed by atoms with Crippen LogP contribution in [0, 0.1) is 12.7 Å². The van der Waals surface area contributed by atoms with Gasteiger partial charge in [-0.15, -0.1) is 0 Å². The first-order valence-electron chi connectivity index (χ1n) is 6.77. The fraction of sp³-hybridized carbons (Fsp3) is 0.400. The molecule has 0 aliphatic carbocycles. The zero-order valence-electron chi connectivity index (χ0n) is 12.1. The lowest BCUT2D eigenvalue weighted by Crippen LogP contribution is -2.30. The van der Waals surface area contributed by atoms with Crippen LogP contribution in [0.1, 0.15) is 42.8 Å². The Balaban J connectivity index is 2.19. The van der Waals surface area contributed by atoms with E-state index >= 15 is 0 Å². The summed E-state index contributed by atoms with van der Waals surface area (Å²) in [6, 6.07) is 7.14. The molecule has 20 heavy (non-hydrogen) atoms. The molecule has 2 aromatic rings. The molecule has 1 atom stereocenters. The molecule has 108 valence electrons. The fourth-order valence-corrected chi connectivity index (χ4v) is 2.16. The summed E-state index contributed by atoms with van der Waals surface area (Å²) in [6.45, 7) is 5.99. The minimum Gasteiger partial charge on any atom is -0.271 e. The number of aryl methyl sites for hydroxylation is 1. The number of hydrogen-bond donors (Lipinski definition) is 2. The molecule has 0 spiro atoms. The van der Waals surface area contributed by atoms with Gasteiger partial charge in [0.05, 0.1) is 11.7 Å². The molecule has 0 radical (unpaired) electrons. The molecular formula is C15H21FN4. The van der Waals surface area contributed by atoms with E-state index in [1.165, 1.54) is 6.07 Å². The first kappa shape index (κ1) is 14.7. The van der Waals surface area contributed by atoms with E-state index in [1.807, 2.05) is 29.9 Å². The summed E-state index contributed by atoms with van der Waals surface area (Å²) >= 11 is 0. The van der Waals surface area contributed by atoms with E-state index in [4.69, 9.17) is 5.84 Å². The number of hydrogen-bond acceptors (Lipinski definition) is 3. The van der Waals surface area contributed by atoms with Crippen LogP contribution in [0.2, 0.25) is 0 Å². The SMILES string of the molecule is Cc1ccc(C(Cc2ccn(C(C)C)n2)NN)c(F)c1. The molecule has 1 aromatic carbocycles. The van der Waals surface area contributed by atoms with Gasteiger partial charge in [-0.1, -0.05) is 12.1 Å². The highest BCUT2D eigenvalue weighted by Crippen LogP contribution is 2.21. The van der Waals surface area contributed by atoms with Crippen LogP contribution in [0.4, 0.5) is 4.39 Å². The van der Waals surface area contributed by atoms with E-state index < -0.39 is 0 Å². The summed E-state index contributed by atoms with van der Waals surface area (Å²) in [6.07, 6.45) is 2.48. The number of rotatable bonds is 5. The van der Waals surface area contributed by atoms with E-state index in [0.29, 0.717) is 18.0 Å². The maximum absolute atomic E-state index is 14.0. The Kier molecular flexibility index (Phi) is 4.52. The van der Waals surface area contributed by atoms with Crippen LogP contribution < -0.4 is 11.3 Å². The zero-order chi connectivity index (χ0) is 14.7. The minimum absolute atomic E-state index is 0.240. The van der Waals surface area contributed by atoms with Gasteiger partial charge in [0.25, 0.3) is 0 Å². The van der Waals surface area contributed by atoms with Crippen LogP contribution in [-0.2, 0) is 6.42 Å². The lowest BCUT2D eigenvalue weighted by Gasteiger charge is -2.16. The number of benzene rings is 1. The van der Waals surface area contributed by atoms with Crippen molar-refractivity contribution < 1.29 is 4.39 Å². The van der Waals surface area contributed by atoms with Gasteiger partial charge in [-0.3, -0.25) is 16.0 Å². The molecule has 0 saturated heterocycles. The molecule has 0 fully saturated rings. The lowest BCUT2D eigenvalue weighted by atomic mass is 10.0. The Morgan fingerprint density at radius 2 is 2.10 bits per heavy atom. The van der Waals surface area contributed by atoms with Crippen LogP contribution in [-0.4, -0.2) is 9.78 Å². The molecule has 2 rings (SSSR count). The van der Waals surface area contributed by atoms with Crippen molar-refractivity contribution in [2.24, 2.45) is 5.84 Å². The average Bonchev–Trinajstić information content (AvgIpc) is 2.85. The number of nitrogens with zero attached hydrogens (tertiary/aromatic N) is 2. The van der Waals surface area contributed by atoms with Gasteiger partial charge >= 0.3 is 0 Å². The van der Waals surface area contributed by atoms with Crippen molar-refractivity contribution in [1.82, 2.24) is 15.2 Å². The van der Waals surface area contributed by atoms with Crippen molar-refractivity contribution in [3.05, 3.63) is 53.1 Å². The number of aromatic nitrogens is 2. The van der Waals surface area contributed by atoms with Gasteiger partial charge in [0.15, 0.2) is 0 Å². The summed E-state index contributed by atoms with van der Waals surface area (Å²) in [5.41, 5.74) is 5.03.